The highest BCUT2D eigenvalue weighted by molar-refractivity contribution is 5.69. The van der Waals surface area contributed by atoms with E-state index in [1.165, 1.54) is 4.90 Å². The molecule has 1 atom stereocenters. The summed E-state index contributed by atoms with van der Waals surface area (Å²) in [4.78, 5) is 14.1. The van der Waals surface area contributed by atoms with Gasteiger partial charge in [-0.25, -0.2) is 4.79 Å². The molecule has 6 heteroatoms. The maximum atomic E-state index is 12.6. The lowest BCUT2D eigenvalue weighted by molar-refractivity contribution is 0.0203. The van der Waals surface area contributed by atoms with E-state index in [9.17, 15) is 10.1 Å². The molecule has 1 aliphatic rings. The van der Waals surface area contributed by atoms with Crippen molar-refractivity contribution in [1.29, 1.82) is 5.26 Å². The van der Waals surface area contributed by atoms with Crippen LogP contribution in [-0.2, 0) is 17.9 Å². The molecule has 0 radical (unpaired) electrons. The molecular formula is C22H24N2O4. The van der Waals surface area contributed by atoms with Gasteiger partial charge in [-0.2, -0.15) is 5.26 Å². The van der Waals surface area contributed by atoms with E-state index in [4.69, 9.17) is 14.2 Å². The molecule has 1 amide bonds. The molecule has 146 valence electrons. The second kappa shape index (κ2) is 8.22. The van der Waals surface area contributed by atoms with Gasteiger partial charge in [-0.15, -0.1) is 0 Å². The second-order valence-corrected chi connectivity index (χ2v) is 7.60. The van der Waals surface area contributed by atoms with E-state index in [-0.39, 0.29) is 13.1 Å². The third-order valence-corrected chi connectivity index (χ3v) is 4.13. The van der Waals surface area contributed by atoms with E-state index in [2.05, 4.69) is 6.07 Å². The zero-order chi connectivity index (χ0) is 20.1. The molecule has 0 aliphatic carbocycles. The Kier molecular flexibility index (Phi) is 5.74. The molecule has 0 saturated carbocycles. The molecule has 0 bridgehead atoms. The topological polar surface area (TPSA) is 71.8 Å². The van der Waals surface area contributed by atoms with E-state index in [0.717, 1.165) is 11.1 Å². The average molecular weight is 380 g/mol. The Morgan fingerprint density at radius 1 is 1.21 bits per heavy atom. The van der Waals surface area contributed by atoms with Crippen LogP contribution in [0.1, 0.15) is 31.9 Å². The lowest BCUT2D eigenvalue weighted by Gasteiger charge is -2.27. The molecule has 0 aromatic heterocycles. The fourth-order valence-electron chi connectivity index (χ4n) is 2.86. The van der Waals surface area contributed by atoms with Crippen molar-refractivity contribution < 1.29 is 19.0 Å². The molecule has 1 unspecified atom stereocenters. The fraction of sp³-hybridized carbons (Fsp3) is 0.364. The van der Waals surface area contributed by atoms with Gasteiger partial charge in [0.1, 0.15) is 29.8 Å². The highest BCUT2D eigenvalue weighted by Crippen LogP contribution is 2.33. The first kappa shape index (κ1) is 19.6. The zero-order valence-electron chi connectivity index (χ0n) is 16.3. The van der Waals surface area contributed by atoms with Gasteiger partial charge in [0, 0.05) is 0 Å². The number of benzene rings is 2. The van der Waals surface area contributed by atoms with Gasteiger partial charge in [0.25, 0.3) is 0 Å². The average Bonchev–Trinajstić information content (AvgIpc) is 2.85. The fourth-order valence-corrected chi connectivity index (χ4v) is 2.86. The van der Waals surface area contributed by atoms with Crippen LogP contribution in [0.15, 0.2) is 48.5 Å². The van der Waals surface area contributed by atoms with Crippen LogP contribution in [0.4, 0.5) is 4.79 Å². The van der Waals surface area contributed by atoms with Crippen molar-refractivity contribution in [3.8, 4) is 17.6 Å². The third kappa shape index (κ3) is 4.95. The molecule has 1 heterocycles. The quantitative estimate of drug-likeness (QED) is 0.794. The smallest absolute Gasteiger partial charge is 0.410 e. The molecule has 0 fully saturated rings. The summed E-state index contributed by atoms with van der Waals surface area (Å²) in [6, 6.07) is 17.4. The monoisotopic (exact) mass is 380 g/mol. The Labute approximate surface area is 165 Å². The first-order chi connectivity index (χ1) is 13.4. The minimum Gasteiger partial charge on any atom is -0.488 e. The Hall–Kier alpha value is -3.20. The van der Waals surface area contributed by atoms with Gasteiger partial charge in [-0.3, -0.25) is 4.90 Å². The van der Waals surface area contributed by atoms with Gasteiger partial charge in [-0.1, -0.05) is 36.4 Å². The van der Waals surface area contributed by atoms with Crippen LogP contribution in [0.5, 0.6) is 11.5 Å². The lowest BCUT2D eigenvalue weighted by Crippen LogP contribution is -2.40. The molecule has 2 aromatic rings. The van der Waals surface area contributed by atoms with Crippen molar-refractivity contribution in [2.45, 2.75) is 45.6 Å². The van der Waals surface area contributed by atoms with Gasteiger partial charge in [0.05, 0.1) is 18.7 Å². The van der Waals surface area contributed by atoms with Crippen LogP contribution >= 0.6 is 0 Å². The largest absolute Gasteiger partial charge is 0.488 e. The van der Waals surface area contributed by atoms with Gasteiger partial charge < -0.3 is 14.2 Å². The lowest BCUT2D eigenvalue weighted by atomic mass is 10.1. The predicted molar refractivity (Wildman–Crippen MR) is 104 cm³/mol. The number of rotatable bonds is 3. The molecule has 1 aliphatic heterocycles. The van der Waals surface area contributed by atoms with E-state index in [0.29, 0.717) is 18.1 Å². The predicted octanol–water partition coefficient (Wildman–Crippen LogP) is 4.29. The summed E-state index contributed by atoms with van der Waals surface area (Å²) in [5.41, 5.74) is 1.13. The molecule has 2 aromatic carbocycles. The highest BCUT2D eigenvalue weighted by Gasteiger charge is 2.30. The minimum atomic E-state index is -0.779. The molecule has 28 heavy (non-hydrogen) atoms. The van der Waals surface area contributed by atoms with Crippen LogP contribution < -0.4 is 9.47 Å². The van der Waals surface area contributed by atoms with E-state index in [1.54, 1.807) is 6.07 Å². The summed E-state index contributed by atoms with van der Waals surface area (Å²) >= 11 is 0. The number of fused-ring (bicyclic) bond motifs is 1. The Morgan fingerprint density at radius 3 is 2.64 bits per heavy atom. The summed E-state index contributed by atoms with van der Waals surface area (Å²) in [5, 5.41) is 9.41. The Morgan fingerprint density at radius 2 is 1.96 bits per heavy atom. The number of nitriles is 1. The molecule has 6 nitrogen and oxygen atoms in total. The van der Waals surface area contributed by atoms with Crippen LogP contribution in [0.3, 0.4) is 0 Å². The molecule has 0 spiro atoms. The second-order valence-electron chi connectivity index (χ2n) is 7.60. The van der Waals surface area contributed by atoms with Crippen LogP contribution in [0, 0.1) is 11.3 Å². The summed E-state index contributed by atoms with van der Waals surface area (Å²) in [6.07, 6.45) is -1.26. The number of carbonyl (C=O) groups excluding carboxylic acids is 1. The first-order valence-corrected chi connectivity index (χ1v) is 9.18. The third-order valence-electron chi connectivity index (χ3n) is 4.13. The number of ether oxygens (including phenoxy) is 3. The van der Waals surface area contributed by atoms with Gasteiger partial charge >= 0.3 is 6.09 Å². The first-order valence-electron chi connectivity index (χ1n) is 9.18. The van der Waals surface area contributed by atoms with Crippen molar-refractivity contribution >= 4 is 6.09 Å². The SMILES string of the molecule is CC(C)(C)OC(=O)N1Cc2c(OCc3ccccc3)cccc2OC(C#N)C1. The van der Waals surface area contributed by atoms with Crippen molar-refractivity contribution in [2.75, 3.05) is 6.54 Å². The summed E-state index contributed by atoms with van der Waals surface area (Å²) in [6.45, 7) is 6.19. The van der Waals surface area contributed by atoms with Crippen molar-refractivity contribution in [1.82, 2.24) is 4.90 Å². The number of hydrogen-bond acceptors (Lipinski definition) is 5. The summed E-state index contributed by atoms with van der Waals surface area (Å²) in [7, 11) is 0. The number of carbonyl (C=O) groups is 1. The molecular weight excluding hydrogens is 356 g/mol. The van der Waals surface area contributed by atoms with E-state index < -0.39 is 17.8 Å². The Balaban J connectivity index is 1.86. The van der Waals surface area contributed by atoms with Gasteiger partial charge in [-0.05, 0) is 38.5 Å². The zero-order valence-corrected chi connectivity index (χ0v) is 16.3. The highest BCUT2D eigenvalue weighted by atomic mass is 16.6. The van der Waals surface area contributed by atoms with Crippen molar-refractivity contribution in [3.05, 3.63) is 59.7 Å². The minimum absolute atomic E-state index is 0.123. The maximum absolute atomic E-state index is 12.6. The van der Waals surface area contributed by atoms with Gasteiger partial charge in [0.2, 0.25) is 6.10 Å². The standard InChI is InChI=1S/C22H24N2O4/c1-22(2,3)28-21(25)24-13-17(12-23)27-20-11-7-10-19(18(20)14-24)26-15-16-8-5-4-6-9-16/h4-11,17H,13-15H2,1-3H3. The number of hydrogen-bond donors (Lipinski definition) is 0. The normalized spacial score (nSPS) is 16.2. The maximum Gasteiger partial charge on any atom is 0.410 e. The number of nitrogens with zero attached hydrogens (tertiary/aromatic N) is 2. The molecule has 0 N–H and O–H groups in total. The van der Waals surface area contributed by atoms with Crippen LogP contribution in [0.2, 0.25) is 0 Å². The van der Waals surface area contributed by atoms with Crippen LogP contribution in [0.25, 0.3) is 0 Å². The van der Waals surface area contributed by atoms with Gasteiger partial charge in [0.15, 0.2) is 0 Å². The van der Waals surface area contributed by atoms with Crippen molar-refractivity contribution in [2.24, 2.45) is 0 Å². The summed E-state index contributed by atoms with van der Waals surface area (Å²) in [5.74, 6) is 1.16. The number of amides is 1. The van der Waals surface area contributed by atoms with Crippen molar-refractivity contribution in [3.63, 3.8) is 0 Å². The summed E-state index contributed by atoms with van der Waals surface area (Å²) < 4.78 is 17.3. The molecule has 3 rings (SSSR count). The van der Waals surface area contributed by atoms with E-state index in [1.807, 2.05) is 63.2 Å². The van der Waals surface area contributed by atoms with Crippen LogP contribution in [-0.4, -0.2) is 29.2 Å². The molecule has 0 saturated heterocycles. The Bertz CT molecular complexity index is 868. The van der Waals surface area contributed by atoms with E-state index >= 15 is 0 Å².